The molecule has 6 nitrogen and oxygen atoms in total. The highest BCUT2D eigenvalue weighted by Gasteiger charge is 2.13. The molecule has 7 heteroatoms. The van der Waals surface area contributed by atoms with Crippen molar-refractivity contribution in [2.75, 3.05) is 7.05 Å². The first-order valence-corrected chi connectivity index (χ1v) is 7.23. The van der Waals surface area contributed by atoms with Gasteiger partial charge in [-0.15, -0.1) is 11.3 Å². The Morgan fingerprint density at radius 3 is 3.05 bits per heavy atom. The molecule has 1 unspecified atom stereocenters. The van der Waals surface area contributed by atoms with E-state index in [4.69, 9.17) is 0 Å². The van der Waals surface area contributed by atoms with Crippen LogP contribution in [0.4, 0.5) is 0 Å². The second-order valence-corrected chi connectivity index (χ2v) is 5.70. The van der Waals surface area contributed by atoms with E-state index in [0.717, 1.165) is 0 Å². The predicted molar refractivity (Wildman–Crippen MR) is 77.6 cm³/mol. The molecule has 0 aliphatic heterocycles. The second kappa shape index (κ2) is 6.15. The van der Waals surface area contributed by atoms with Crippen LogP contribution >= 0.6 is 11.3 Å². The van der Waals surface area contributed by atoms with Crippen LogP contribution in [0.1, 0.15) is 25.6 Å². The zero-order valence-corrected chi connectivity index (χ0v) is 12.2. The van der Waals surface area contributed by atoms with Crippen LogP contribution < -0.4 is 5.56 Å². The van der Waals surface area contributed by atoms with Gasteiger partial charge in [0.25, 0.3) is 5.56 Å². The quantitative estimate of drug-likeness (QED) is 0.865. The van der Waals surface area contributed by atoms with E-state index in [2.05, 4.69) is 9.97 Å². The fourth-order valence-corrected chi connectivity index (χ4v) is 2.56. The van der Waals surface area contributed by atoms with Crippen LogP contribution in [0, 0.1) is 0 Å². The molecular formula is C13H17N3O3S. The Kier molecular flexibility index (Phi) is 4.51. The number of nitrogens with zero attached hydrogens (tertiary/aromatic N) is 2. The number of rotatable bonds is 5. The summed E-state index contributed by atoms with van der Waals surface area (Å²) in [5.41, 5.74) is 0.475. The molecule has 2 rings (SSSR count). The SMILES string of the molecule is CC(O)CCC(=O)N(C)Cc1nc2ccsc2c(=O)[nH]1. The minimum absolute atomic E-state index is 0.0843. The first kappa shape index (κ1) is 14.7. The van der Waals surface area contributed by atoms with Crippen molar-refractivity contribution in [1.82, 2.24) is 14.9 Å². The molecule has 0 spiro atoms. The molecule has 1 atom stereocenters. The monoisotopic (exact) mass is 295 g/mol. The maximum absolute atomic E-state index is 11.8. The Labute approximate surface area is 120 Å². The molecule has 0 saturated carbocycles. The first-order valence-electron chi connectivity index (χ1n) is 6.36. The highest BCUT2D eigenvalue weighted by atomic mass is 32.1. The molecule has 2 aromatic heterocycles. The number of fused-ring (bicyclic) bond motifs is 1. The van der Waals surface area contributed by atoms with Gasteiger partial charge in [0.1, 0.15) is 10.5 Å². The molecular weight excluding hydrogens is 278 g/mol. The maximum Gasteiger partial charge on any atom is 0.268 e. The number of hydrogen-bond acceptors (Lipinski definition) is 5. The molecule has 2 heterocycles. The molecule has 0 radical (unpaired) electrons. The zero-order chi connectivity index (χ0) is 14.7. The number of H-pyrrole nitrogens is 1. The normalized spacial score (nSPS) is 12.6. The van der Waals surface area contributed by atoms with Crippen LogP contribution in [0.15, 0.2) is 16.2 Å². The minimum Gasteiger partial charge on any atom is -0.393 e. The van der Waals surface area contributed by atoms with Crippen LogP contribution in [0.3, 0.4) is 0 Å². The smallest absolute Gasteiger partial charge is 0.268 e. The van der Waals surface area contributed by atoms with Crippen LogP contribution in [0.2, 0.25) is 0 Å². The molecule has 0 fully saturated rings. The average molecular weight is 295 g/mol. The van der Waals surface area contributed by atoms with Gasteiger partial charge in [0.2, 0.25) is 5.91 Å². The van der Waals surface area contributed by atoms with Crippen molar-refractivity contribution < 1.29 is 9.90 Å². The number of nitrogens with one attached hydrogen (secondary N) is 1. The Balaban J connectivity index is 2.07. The topological polar surface area (TPSA) is 86.3 Å². The lowest BCUT2D eigenvalue weighted by atomic mass is 10.2. The predicted octanol–water partition coefficient (Wildman–Crippen LogP) is 1.10. The summed E-state index contributed by atoms with van der Waals surface area (Å²) in [6, 6.07) is 1.79. The molecule has 0 aliphatic rings. The van der Waals surface area contributed by atoms with Crippen LogP contribution in [0.25, 0.3) is 10.2 Å². The summed E-state index contributed by atoms with van der Waals surface area (Å²) in [5.74, 6) is 0.382. The zero-order valence-electron chi connectivity index (χ0n) is 11.4. The van der Waals surface area contributed by atoms with Gasteiger partial charge in [-0.2, -0.15) is 0 Å². The Bertz CT molecular complexity index is 662. The minimum atomic E-state index is -0.493. The van der Waals surface area contributed by atoms with Crippen molar-refractivity contribution in [3.63, 3.8) is 0 Å². The number of carbonyl (C=O) groups is 1. The van der Waals surface area contributed by atoms with Crippen molar-refractivity contribution >= 4 is 27.5 Å². The number of aliphatic hydroxyl groups is 1. The highest BCUT2D eigenvalue weighted by Crippen LogP contribution is 2.14. The van der Waals surface area contributed by atoms with Gasteiger partial charge < -0.3 is 15.0 Å². The maximum atomic E-state index is 11.8. The molecule has 0 aromatic carbocycles. The summed E-state index contributed by atoms with van der Waals surface area (Å²) in [6.45, 7) is 1.90. The summed E-state index contributed by atoms with van der Waals surface area (Å²) in [6.07, 6.45) is 0.211. The number of aliphatic hydroxyl groups excluding tert-OH is 1. The number of amides is 1. The lowest BCUT2D eigenvalue weighted by Gasteiger charge is -2.16. The van der Waals surface area contributed by atoms with Gasteiger partial charge in [0.15, 0.2) is 0 Å². The van der Waals surface area contributed by atoms with Gasteiger partial charge in [-0.05, 0) is 24.8 Å². The highest BCUT2D eigenvalue weighted by molar-refractivity contribution is 7.17. The van der Waals surface area contributed by atoms with E-state index in [0.29, 0.717) is 22.5 Å². The number of carbonyl (C=O) groups excluding carboxylic acids is 1. The molecule has 2 N–H and O–H groups in total. The van der Waals surface area contributed by atoms with E-state index >= 15 is 0 Å². The molecule has 0 bridgehead atoms. The summed E-state index contributed by atoms with van der Waals surface area (Å²) in [7, 11) is 1.65. The van der Waals surface area contributed by atoms with Crippen molar-refractivity contribution in [2.45, 2.75) is 32.4 Å². The van der Waals surface area contributed by atoms with Gasteiger partial charge in [-0.3, -0.25) is 9.59 Å². The van der Waals surface area contributed by atoms with E-state index < -0.39 is 6.10 Å². The van der Waals surface area contributed by atoms with Crippen LogP contribution in [-0.2, 0) is 11.3 Å². The first-order chi connectivity index (χ1) is 9.47. The molecule has 2 aromatic rings. The molecule has 108 valence electrons. The number of hydrogen-bond donors (Lipinski definition) is 2. The summed E-state index contributed by atoms with van der Waals surface area (Å²) in [4.78, 5) is 32.2. The standard InChI is InChI=1S/C13H17N3O3S/c1-8(17)3-4-11(18)16(2)7-10-14-9-5-6-20-12(9)13(19)15-10/h5-6,8,17H,3-4,7H2,1-2H3,(H,14,15,19). The van der Waals surface area contributed by atoms with Gasteiger partial charge in [0.05, 0.1) is 18.2 Å². The Morgan fingerprint density at radius 2 is 2.35 bits per heavy atom. The average Bonchev–Trinajstić information content (AvgIpc) is 2.84. The molecule has 0 aliphatic carbocycles. The van der Waals surface area contributed by atoms with Gasteiger partial charge >= 0.3 is 0 Å². The summed E-state index contributed by atoms with van der Waals surface area (Å²) >= 11 is 1.34. The molecule has 0 saturated heterocycles. The Morgan fingerprint density at radius 1 is 1.60 bits per heavy atom. The Hall–Kier alpha value is -1.73. The number of aromatic nitrogens is 2. The van der Waals surface area contributed by atoms with Crippen molar-refractivity contribution in [3.05, 3.63) is 27.6 Å². The summed E-state index contributed by atoms with van der Waals surface area (Å²) < 4.78 is 0.594. The lowest BCUT2D eigenvalue weighted by molar-refractivity contribution is -0.131. The fourth-order valence-electron chi connectivity index (χ4n) is 1.83. The van der Waals surface area contributed by atoms with Crippen molar-refractivity contribution in [2.24, 2.45) is 0 Å². The van der Waals surface area contributed by atoms with Gasteiger partial charge in [0, 0.05) is 13.5 Å². The van der Waals surface area contributed by atoms with Crippen LogP contribution in [0.5, 0.6) is 0 Å². The second-order valence-electron chi connectivity index (χ2n) is 4.79. The van der Waals surface area contributed by atoms with Crippen molar-refractivity contribution in [1.29, 1.82) is 0 Å². The van der Waals surface area contributed by atoms with E-state index in [1.54, 1.807) is 20.0 Å². The van der Waals surface area contributed by atoms with Gasteiger partial charge in [-0.25, -0.2) is 4.98 Å². The van der Waals surface area contributed by atoms with E-state index in [1.165, 1.54) is 16.2 Å². The third-order valence-electron chi connectivity index (χ3n) is 2.95. The van der Waals surface area contributed by atoms with E-state index in [1.807, 2.05) is 5.38 Å². The number of thiophene rings is 1. The lowest BCUT2D eigenvalue weighted by Crippen LogP contribution is -2.28. The summed E-state index contributed by atoms with van der Waals surface area (Å²) in [5, 5.41) is 11.0. The molecule has 1 amide bonds. The van der Waals surface area contributed by atoms with Crippen molar-refractivity contribution in [3.8, 4) is 0 Å². The van der Waals surface area contributed by atoms with Crippen LogP contribution in [-0.4, -0.2) is 39.0 Å². The third kappa shape index (κ3) is 3.43. The molecule has 20 heavy (non-hydrogen) atoms. The number of aromatic amines is 1. The third-order valence-corrected chi connectivity index (χ3v) is 3.85. The largest absolute Gasteiger partial charge is 0.393 e. The fraction of sp³-hybridized carbons (Fsp3) is 0.462. The van der Waals surface area contributed by atoms with Gasteiger partial charge in [-0.1, -0.05) is 0 Å². The van der Waals surface area contributed by atoms with E-state index in [-0.39, 0.29) is 24.4 Å². The van der Waals surface area contributed by atoms with E-state index in [9.17, 15) is 14.7 Å².